The number of carbonyl (C=O) groups is 1. The number of urea groups is 1. The van der Waals surface area contributed by atoms with Gasteiger partial charge in [0.1, 0.15) is 5.75 Å². The van der Waals surface area contributed by atoms with Crippen molar-refractivity contribution >= 4 is 32.7 Å². The van der Waals surface area contributed by atoms with Crippen molar-refractivity contribution in [1.82, 2.24) is 15.7 Å². The van der Waals surface area contributed by atoms with Crippen LogP contribution in [-0.2, 0) is 0 Å². The number of nitrogens with zero attached hydrogens (tertiary/aromatic N) is 1. The molecule has 0 spiro atoms. The molecule has 0 aliphatic rings. The van der Waals surface area contributed by atoms with Crippen molar-refractivity contribution in [3.63, 3.8) is 0 Å². The molecule has 0 unspecified atom stereocenters. The minimum Gasteiger partial charge on any atom is -0.493 e. The second-order valence-corrected chi connectivity index (χ2v) is 6.99. The molecule has 0 saturated carbocycles. The molecule has 0 atom stereocenters. The summed E-state index contributed by atoms with van der Waals surface area (Å²) >= 11 is 1.49. The average molecular weight is 370 g/mol. The third kappa shape index (κ3) is 4.86. The Hall–Kier alpha value is -2.80. The minimum atomic E-state index is -0.296. The summed E-state index contributed by atoms with van der Waals surface area (Å²) in [6, 6.07) is 13.6. The fourth-order valence-electron chi connectivity index (χ4n) is 2.50. The van der Waals surface area contributed by atoms with Crippen molar-refractivity contribution in [2.75, 3.05) is 18.6 Å². The molecule has 3 aromatic rings. The lowest BCUT2D eigenvalue weighted by molar-refractivity contribution is 0.241. The van der Waals surface area contributed by atoms with Gasteiger partial charge in [-0.2, -0.15) is 0 Å². The Kier molecular flexibility index (Phi) is 5.91. The molecule has 2 amide bonds. The maximum absolute atomic E-state index is 11.8. The van der Waals surface area contributed by atoms with Gasteiger partial charge in [0, 0.05) is 6.54 Å². The molecule has 0 aliphatic heterocycles. The van der Waals surface area contributed by atoms with E-state index in [1.54, 1.807) is 0 Å². The lowest BCUT2D eigenvalue weighted by Gasteiger charge is -2.10. The van der Waals surface area contributed by atoms with Crippen molar-refractivity contribution in [2.45, 2.75) is 20.3 Å². The zero-order valence-electron chi connectivity index (χ0n) is 14.8. The third-order valence-corrected chi connectivity index (χ3v) is 4.72. The number of hydrogen-bond donors (Lipinski definition) is 3. The summed E-state index contributed by atoms with van der Waals surface area (Å²) in [7, 11) is 0. The molecule has 136 valence electrons. The van der Waals surface area contributed by atoms with Crippen LogP contribution in [0.5, 0.6) is 5.75 Å². The van der Waals surface area contributed by atoms with Crippen molar-refractivity contribution in [2.24, 2.45) is 0 Å². The number of fused-ring (bicyclic) bond motifs is 1. The number of amides is 2. The lowest BCUT2D eigenvalue weighted by Crippen LogP contribution is -2.39. The van der Waals surface area contributed by atoms with Crippen molar-refractivity contribution in [3.8, 4) is 5.75 Å². The molecule has 7 heteroatoms. The minimum absolute atomic E-state index is 0.296. The Bertz CT molecular complexity index is 861. The number of aromatic nitrogens is 1. The molecule has 0 saturated heterocycles. The van der Waals surface area contributed by atoms with Crippen LogP contribution in [0.1, 0.15) is 17.5 Å². The number of nitrogens with one attached hydrogen (secondary N) is 3. The second-order valence-electron chi connectivity index (χ2n) is 5.96. The van der Waals surface area contributed by atoms with Crippen molar-refractivity contribution < 1.29 is 9.53 Å². The number of hydrogen-bond acceptors (Lipinski definition) is 5. The summed E-state index contributed by atoms with van der Waals surface area (Å²) in [4.78, 5) is 16.2. The highest BCUT2D eigenvalue weighted by molar-refractivity contribution is 7.22. The summed E-state index contributed by atoms with van der Waals surface area (Å²) in [5, 5.41) is 3.43. The number of aryl methyl sites for hydroxylation is 2. The zero-order chi connectivity index (χ0) is 18.4. The van der Waals surface area contributed by atoms with Gasteiger partial charge in [0.05, 0.1) is 16.8 Å². The molecular formula is C19H22N4O2S. The molecule has 3 rings (SSSR count). The Balaban J connectivity index is 1.34. The number of anilines is 1. The van der Waals surface area contributed by atoms with Gasteiger partial charge in [0.25, 0.3) is 0 Å². The van der Waals surface area contributed by atoms with E-state index in [2.05, 4.69) is 34.1 Å². The van der Waals surface area contributed by atoms with Crippen LogP contribution < -0.4 is 20.9 Å². The summed E-state index contributed by atoms with van der Waals surface area (Å²) < 4.78 is 6.81. The fraction of sp³-hybridized carbons (Fsp3) is 0.263. The number of ether oxygens (including phenoxy) is 1. The maximum atomic E-state index is 11.8. The van der Waals surface area contributed by atoms with E-state index in [-0.39, 0.29) is 6.03 Å². The first-order valence-electron chi connectivity index (χ1n) is 8.47. The average Bonchev–Trinajstić information content (AvgIpc) is 3.04. The number of para-hydroxylation sites is 1. The predicted molar refractivity (Wildman–Crippen MR) is 106 cm³/mol. The second kappa shape index (κ2) is 8.53. The zero-order valence-corrected chi connectivity index (χ0v) is 15.7. The standard InChI is InChI=1S/C19H22N4O2S/c1-13-8-9-16(14(2)12-13)25-11-5-10-20-18(24)22-23-19-21-15-6-3-4-7-17(15)26-19/h3-4,6-9,12H,5,10-11H2,1-2H3,(H,21,23)(H2,20,22,24). The highest BCUT2D eigenvalue weighted by atomic mass is 32.1. The van der Waals surface area contributed by atoms with Crippen LogP contribution in [0, 0.1) is 13.8 Å². The Morgan fingerprint density at radius 1 is 1.19 bits per heavy atom. The van der Waals surface area contributed by atoms with E-state index in [0.29, 0.717) is 18.3 Å². The van der Waals surface area contributed by atoms with Crippen LogP contribution in [0.15, 0.2) is 42.5 Å². The third-order valence-electron chi connectivity index (χ3n) is 3.77. The molecule has 0 fully saturated rings. The first-order chi connectivity index (χ1) is 12.6. The van der Waals surface area contributed by atoms with Crippen molar-refractivity contribution in [3.05, 3.63) is 53.6 Å². The first-order valence-corrected chi connectivity index (χ1v) is 9.29. The van der Waals surface area contributed by atoms with Crippen LogP contribution in [0.3, 0.4) is 0 Å². The topological polar surface area (TPSA) is 75.3 Å². The Morgan fingerprint density at radius 3 is 2.85 bits per heavy atom. The van der Waals surface area contributed by atoms with Gasteiger partial charge in [-0.15, -0.1) is 0 Å². The SMILES string of the molecule is Cc1ccc(OCCCNC(=O)NNc2nc3ccccc3s2)c(C)c1. The lowest BCUT2D eigenvalue weighted by atomic mass is 10.1. The first kappa shape index (κ1) is 18.0. The number of benzene rings is 2. The highest BCUT2D eigenvalue weighted by Crippen LogP contribution is 2.24. The van der Waals surface area contributed by atoms with Gasteiger partial charge < -0.3 is 10.1 Å². The summed E-state index contributed by atoms with van der Waals surface area (Å²) in [5.41, 5.74) is 8.66. The molecule has 6 nitrogen and oxygen atoms in total. The quantitative estimate of drug-likeness (QED) is 0.434. The van der Waals surface area contributed by atoms with E-state index < -0.39 is 0 Å². The molecule has 0 aliphatic carbocycles. The molecule has 3 N–H and O–H groups in total. The summed E-state index contributed by atoms with van der Waals surface area (Å²) in [6.07, 6.45) is 0.724. The molecule has 2 aromatic carbocycles. The number of rotatable bonds is 7. The van der Waals surface area contributed by atoms with Crippen LogP contribution in [0.4, 0.5) is 9.93 Å². The number of hydrazine groups is 1. The van der Waals surface area contributed by atoms with Crippen LogP contribution >= 0.6 is 11.3 Å². The van der Waals surface area contributed by atoms with Gasteiger partial charge in [-0.25, -0.2) is 15.2 Å². The highest BCUT2D eigenvalue weighted by Gasteiger charge is 2.04. The largest absolute Gasteiger partial charge is 0.493 e. The van der Waals surface area contributed by atoms with Crippen LogP contribution in [0.2, 0.25) is 0 Å². The number of carbonyl (C=O) groups excluding carboxylic acids is 1. The van der Waals surface area contributed by atoms with E-state index in [1.807, 2.05) is 43.3 Å². The smallest absolute Gasteiger partial charge is 0.333 e. The van der Waals surface area contributed by atoms with E-state index in [1.165, 1.54) is 16.9 Å². The summed E-state index contributed by atoms with van der Waals surface area (Å²) in [5.74, 6) is 0.887. The molecule has 1 aromatic heterocycles. The molecule has 26 heavy (non-hydrogen) atoms. The molecule has 0 radical (unpaired) electrons. The van der Waals surface area contributed by atoms with Gasteiger partial charge in [0.2, 0.25) is 5.13 Å². The monoisotopic (exact) mass is 370 g/mol. The van der Waals surface area contributed by atoms with Gasteiger partial charge in [0.15, 0.2) is 0 Å². The fourth-order valence-corrected chi connectivity index (χ4v) is 3.32. The molecule has 1 heterocycles. The Labute approximate surface area is 156 Å². The van der Waals surface area contributed by atoms with Crippen LogP contribution in [0.25, 0.3) is 10.2 Å². The molecule has 0 bridgehead atoms. The van der Waals surface area contributed by atoms with Gasteiger partial charge in [-0.1, -0.05) is 41.2 Å². The van der Waals surface area contributed by atoms with E-state index >= 15 is 0 Å². The van der Waals surface area contributed by atoms with E-state index in [0.717, 1.165) is 28.0 Å². The normalized spacial score (nSPS) is 10.5. The van der Waals surface area contributed by atoms with Crippen LogP contribution in [-0.4, -0.2) is 24.2 Å². The predicted octanol–water partition coefficient (Wildman–Crippen LogP) is 4.01. The van der Waals surface area contributed by atoms with Gasteiger partial charge >= 0.3 is 6.03 Å². The van der Waals surface area contributed by atoms with E-state index in [9.17, 15) is 4.79 Å². The number of thiazole rings is 1. The Morgan fingerprint density at radius 2 is 2.04 bits per heavy atom. The van der Waals surface area contributed by atoms with Gasteiger partial charge in [-0.05, 0) is 44.0 Å². The molecular weight excluding hydrogens is 348 g/mol. The van der Waals surface area contributed by atoms with Crippen molar-refractivity contribution in [1.29, 1.82) is 0 Å². The summed E-state index contributed by atoms with van der Waals surface area (Å²) in [6.45, 7) is 5.16. The maximum Gasteiger partial charge on any atom is 0.333 e. The van der Waals surface area contributed by atoms with E-state index in [4.69, 9.17) is 4.74 Å². The van der Waals surface area contributed by atoms with Gasteiger partial charge in [-0.3, -0.25) is 5.43 Å².